The number of rotatable bonds is 4. The molecule has 0 amide bonds. The topological polar surface area (TPSA) is 39.9 Å². The van der Waals surface area contributed by atoms with Crippen LogP contribution in [0.1, 0.15) is 38.1 Å². The maximum absolute atomic E-state index is 3.95. The smallest absolute Gasteiger partial charge is 0 e. The Bertz CT molecular complexity index is 233. The molecule has 0 aliphatic rings. The van der Waals surface area contributed by atoms with Crippen molar-refractivity contribution in [3.05, 3.63) is 11.4 Å². The Hall–Kier alpha value is -0.172. The summed E-state index contributed by atoms with van der Waals surface area (Å²) in [6.45, 7) is 6.44. The molecule has 0 bridgehead atoms. The molecule has 4 heteroatoms. The van der Waals surface area contributed by atoms with Crippen LogP contribution >= 0.6 is 0 Å². The summed E-state index contributed by atoms with van der Waals surface area (Å²) in [5.41, 5.74) is 2.05. The summed E-state index contributed by atoms with van der Waals surface area (Å²) >= 11 is 0. The summed E-state index contributed by atoms with van der Waals surface area (Å²) < 4.78 is 0. The van der Waals surface area contributed by atoms with Gasteiger partial charge in [0.2, 0.25) is 0 Å². The van der Waals surface area contributed by atoms with Crippen molar-refractivity contribution in [1.29, 1.82) is 0 Å². The van der Waals surface area contributed by atoms with Crippen LogP contribution in [0.4, 0.5) is 0 Å². The fourth-order valence-corrected chi connectivity index (χ4v) is 1.18. The first-order chi connectivity index (χ1) is 5.70. The van der Waals surface area contributed by atoms with Gasteiger partial charge < -0.3 is 10.2 Å². The van der Waals surface area contributed by atoms with Gasteiger partial charge in [0.15, 0.2) is 0 Å². The van der Waals surface area contributed by atoms with Gasteiger partial charge in [-0.3, -0.25) is 5.21 Å². The maximum atomic E-state index is 3.95. The molecular weight excluding hydrogens is 334 g/mol. The summed E-state index contributed by atoms with van der Waals surface area (Å²) in [7, 11) is 0. The van der Waals surface area contributed by atoms with Crippen molar-refractivity contribution in [2.24, 2.45) is 5.92 Å². The molecule has 0 aliphatic heterocycles. The van der Waals surface area contributed by atoms with E-state index in [0.717, 1.165) is 23.7 Å². The Kier molecular flexibility index (Phi) is 6.22. The number of aryl methyl sites for hydroxylation is 2. The van der Waals surface area contributed by atoms with Crippen LogP contribution in [-0.4, -0.2) is 10.3 Å². The molecule has 0 aliphatic carbocycles. The van der Waals surface area contributed by atoms with E-state index in [-0.39, 0.29) is 21.1 Å². The Balaban J connectivity index is 0.00000144. The quantitative estimate of drug-likeness (QED) is 0.830. The van der Waals surface area contributed by atoms with Gasteiger partial charge in [-0.2, -0.15) is 0 Å². The molecule has 0 saturated carbocycles. The van der Waals surface area contributed by atoms with E-state index in [2.05, 4.69) is 29.3 Å². The zero-order valence-corrected chi connectivity index (χ0v) is 11.4. The van der Waals surface area contributed by atoms with E-state index in [1.807, 2.05) is 6.92 Å². The van der Waals surface area contributed by atoms with E-state index in [9.17, 15) is 0 Å². The summed E-state index contributed by atoms with van der Waals surface area (Å²) in [5, 5.41) is 11.4. The third-order valence-electron chi connectivity index (χ3n) is 1.97. The summed E-state index contributed by atoms with van der Waals surface area (Å²) in [6.07, 6.45) is 3.47. The van der Waals surface area contributed by atoms with Crippen LogP contribution < -0.4 is 5.10 Å². The van der Waals surface area contributed by atoms with Gasteiger partial charge in [-0.1, -0.05) is 26.0 Å². The second-order valence-electron chi connectivity index (χ2n) is 3.61. The van der Waals surface area contributed by atoms with E-state index in [1.165, 1.54) is 12.8 Å². The molecule has 0 atom stereocenters. The van der Waals surface area contributed by atoms with Crippen molar-refractivity contribution >= 4 is 0 Å². The van der Waals surface area contributed by atoms with Crippen LogP contribution in [0.15, 0.2) is 0 Å². The Labute approximate surface area is 94.0 Å². The van der Waals surface area contributed by atoms with Gasteiger partial charge in [0, 0.05) is 21.1 Å². The average Bonchev–Trinajstić information content (AvgIpc) is 2.36. The van der Waals surface area contributed by atoms with Crippen LogP contribution in [0.5, 0.6) is 0 Å². The van der Waals surface area contributed by atoms with Crippen LogP contribution in [0.2, 0.25) is 0 Å². The predicted octanol–water partition coefficient (Wildman–Crippen LogP) is 1.72. The monoisotopic (exact) mass is 350 g/mol. The number of nitrogens with zero attached hydrogens (tertiary/aromatic N) is 3. The van der Waals surface area contributed by atoms with Gasteiger partial charge >= 0.3 is 0 Å². The van der Waals surface area contributed by atoms with Gasteiger partial charge in [-0.15, -0.1) is 0 Å². The van der Waals surface area contributed by atoms with Crippen molar-refractivity contribution in [3.8, 4) is 0 Å². The van der Waals surface area contributed by atoms with Gasteiger partial charge in [-0.05, 0) is 31.4 Å². The van der Waals surface area contributed by atoms with Crippen molar-refractivity contribution < 1.29 is 21.1 Å². The van der Waals surface area contributed by atoms with Crippen molar-refractivity contribution in [1.82, 2.24) is 15.4 Å². The number of hydrogen-bond acceptors (Lipinski definition) is 2. The SMILES string of the molecule is Cc1nn[n-]c1CCCC(C)C.[W]. The zero-order chi connectivity index (χ0) is 8.97. The van der Waals surface area contributed by atoms with Crippen molar-refractivity contribution in [2.75, 3.05) is 0 Å². The maximum Gasteiger partial charge on any atom is 0 e. The Morgan fingerprint density at radius 2 is 2.08 bits per heavy atom. The fraction of sp³-hybridized carbons (Fsp3) is 0.778. The molecular formula is C9H16N3W-. The molecule has 3 nitrogen and oxygen atoms in total. The molecule has 0 fully saturated rings. The van der Waals surface area contributed by atoms with E-state index in [1.54, 1.807) is 0 Å². The second kappa shape index (κ2) is 6.31. The molecule has 1 aromatic rings. The first-order valence-electron chi connectivity index (χ1n) is 4.51. The predicted molar refractivity (Wildman–Crippen MR) is 47.9 cm³/mol. The molecule has 0 spiro atoms. The Morgan fingerprint density at radius 3 is 2.54 bits per heavy atom. The molecule has 0 N–H and O–H groups in total. The normalized spacial score (nSPS) is 10.2. The minimum atomic E-state index is 0. The van der Waals surface area contributed by atoms with Gasteiger partial charge in [0.25, 0.3) is 0 Å². The molecule has 0 radical (unpaired) electrons. The van der Waals surface area contributed by atoms with E-state index < -0.39 is 0 Å². The third kappa shape index (κ3) is 4.56. The molecule has 1 aromatic heterocycles. The minimum absolute atomic E-state index is 0. The molecule has 0 unspecified atom stereocenters. The molecule has 0 saturated heterocycles. The molecule has 74 valence electrons. The largest absolute Gasteiger partial charge is 0.355 e. The van der Waals surface area contributed by atoms with E-state index in [0.29, 0.717) is 0 Å². The van der Waals surface area contributed by atoms with Gasteiger partial charge in [0.1, 0.15) is 0 Å². The van der Waals surface area contributed by atoms with Crippen molar-refractivity contribution in [3.63, 3.8) is 0 Å². The third-order valence-corrected chi connectivity index (χ3v) is 1.97. The second-order valence-corrected chi connectivity index (χ2v) is 3.61. The molecule has 13 heavy (non-hydrogen) atoms. The molecule has 1 rings (SSSR count). The van der Waals surface area contributed by atoms with Crippen LogP contribution in [0, 0.1) is 12.8 Å². The molecule has 0 aromatic carbocycles. The van der Waals surface area contributed by atoms with Crippen LogP contribution in [0.3, 0.4) is 0 Å². The number of hydrogen-bond donors (Lipinski definition) is 0. The molecule has 1 heterocycles. The minimum Gasteiger partial charge on any atom is -0.355 e. The number of aromatic nitrogens is 3. The fourth-order valence-electron chi connectivity index (χ4n) is 1.18. The summed E-state index contributed by atoms with van der Waals surface area (Å²) in [6, 6.07) is 0. The van der Waals surface area contributed by atoms with E-state index in [4.69, 9.17) is 0 Å². The van der Waals surface area contributed by atoms with Crippen LogP contribution in [0.25, 0.3) is 0 Å². The van der Waals surface area contributed by atoms with Gasteiger partial charge in [0.05, 0.1) is 0 Å². The first-order valence-corrected chi connectivity index (χ1v) is 4.51. The Morgan fingerprint density at radius 1 is 1.38 bits per heavy atom. The van der Waals surface area contributed by atoms with E-state index >= 15 is 0 Å². The first kappa shape index (κ1) is 12.8. The van der Waals surface area contributed by atoms with Gasteiger partial charge in [-0.25, -0.2) is 0 Å². The zero-order valence-electron chi connectivity index (χ0n) is 8.45. The van der Waals surface area contributed by atoms with Crippen molar-refractivity contribution in [2.45, 2.75) is 40.0 Å². The standard InChI is InChI=1S/C9H16N3.W/c1-7(2)5-4-6-9-8(3)10-12-11-9;/h7H,4-6H2,1-3H3;/q-1;. The van der Waals surface area contributed by atoms with Crippen LogP contribution in [-0.2, 0) is 27.5 Å². The average molecular weight is 350 g/mol. The summed E-state index contributed by atoms with van der Waals surface area (Å²) in [5.74, 6) is 0.779. The summed E-state index contributed by atoms with van der Waals surface area (Å²) in [4.78, 5) is 0.